The van der Waals surface area contributed by atoms with Crippen molar-refractivity contribution in [3.8, 4) is 0 Å². The van der Waals surface area contributed by atoms with Gasteiger partial charge in [0.2, 0.25) is 0 Å². The summed E-state index contributed by atoms with van der Waals surface area (Å²) in [5, 5.41) is 0. The summed E-state index contributed by atoms with van der Waals surface area (Å²) < 4.78 is 36.2. The Morgan fingerprint density at radius 2 is 1.73 bits per heavy atom. The largest absolute Gasteiger partial charge is 1.00 e. The van der Waals surface area contributed by atoms with Gasteiger partial charge < -0.3 is 11.7 Å². The Morgan fingerprint density at radius 1 is 1.45 bits per heavy atom. The van der Waals surface area contributed by atoms with E-state index >= 15 is 0 Å². The standard InChI is InChI=1S/C4H9O.Li.H2O4S/c1-3-4-5-2;;1-5(2,3)4/h1,3-4H2,2H3;;(H2,1,2,3,4)/q-1;+1;. The molecule has 0 fully saturated rings. The van der Waals surface area contributed by atoms with Crippen LogP contribution in [0.4, 0.5) is 0 Å². The SMILES string of the molecule is O=S(=O)(O)O.[CH2-]CCOC.[Li+]. The van der Waals surface area contributed by atoms with Crippen molar-refractivity contribution >= 4 is 10.4 Å². The van der Waals surface area contributed by atoms with Crippen molar-refractivity contribution < 1.29 is 41.1 Å². The molecule has 0 heterocycles. The fourth-order valence-electron chi connectivity index (χ4n) is 0.144. The van der Waals surface area contributed by atoms with Crippen LogP contribution in [0.1, 0.15) is 6.42 Å². The van der Waals surface area contributed by atoms with Gasteiger partial charge in [-0.15, -0.1) is 0 Å². The fourth-order valence-corrected chi connectivity index (χ4v) is 0.144. The van der Waals surface area contributed by atoms with Gasteiger partial charge >= 0.3 is 29.3 Å². The van der Waals surface area contributed by atoms with Gasteiger partial charge in [-0.2, -0.15) is 14.8 Å². The molecule has 7 heteroatoms. The van der Waals surface area contributed by atoms with E-state index in [2.05, 4.69) is 11.7 Å². The Labute approximate surface area is 78.9 Å². The summed E-state index contributed by atoms with van der Waals surface area (Å²) in [5.41, 5.74) is 0. The first kappa shape index (κ1) is 17.5. The van der Waals surface area contributed by atoms with Crippen LogP contribution in [0.25, 0.3) is 0 Å². The van der Waals surface area contributed by atoms with E-state index in [-0.39, 0.29) is 18.9 Å². The molecule has 0 radical (unpaired) electrons. The average molecular weight is 178 g/mol. The molecule has 2 N–H and O–H groups in total. The maximum absolute atomic E-state index is 8.74. The van der Waals surface area contributed by atoms with Gasteiger partial charge in [0.15, 0.2) is 0 Å². The molecule has 0 aliphatic carbocycles. The molecular formula is C4H11LiO5S. The van der Waals surface area contributed by atoms with Gasteiger partial charge in [0.1, 0.15) is 0 Å². The zero-order chi connectivity index (χ0) is 8.62. The van der Waals surface area contributed by atoms with Crippen LogP contribution < -0.4 is 18.9 Å². The summed E-state index contributed by atoms with van der Waals surface area (Å²) >= 11 is 0. The second-order valence-electron chi connectivity index (χ2n) is 1.29. The molecule has 0 bridgehead atoms. The predicted octanol–water partition coefficient (Wildman–Crippen LogP) is -2.79. The molecule has 5 nitrogen and oxygen atoms in total. The van der Waals surface area contributed by atoms with Crippen LogP contribution in [0.5, 0.6) is 0 Å². The van der Waals surface area contributed by atoms with E-state index in [0.29, 0.717) is 0 Å². The van der Waals surface area contributed by atoms with Crippen molar-refractivity contribution in [3.63, 3.8) is 0 Å². The molecule has 0 saturated carbocycles. The minimum absolute atomic E-state index is 0. The smallest absolute Gasteiger partial charge is 0.387 e. The molecular weight excluding hydrogens is 167 g/mol. The third-order valence-corrected chi connectivity index (χ3v) is 0.348. The summed E-state index contributed by atoms with van der Waals surface area (Å²) in [4.78, 5) is 0. The summed E-state index contributed by atoms with van der Waals surface area (Å²) in [6, 6.07) is 0. The number of methoxy groups -OCH3 is 1. The third-order valence-electron chi connectivity index (χ3n) is 0.348. The Bertz CT molecular complexity index is 133. The predicted molar refractivity (Wildman–Crippen MR) is 36.0 cm³/mol. The van der Waals surface area contributed by atoms with Crippen molar-refractivity contribution in [2.45, 2.75) is 6.42 Å². The summed E-state index contributed by atoms with van der Waals surface area (Å²) in [7, 11) is -2.99. The molecule has 0 saturated heterocycles. The zero-order valence-corrected chi connectivity index (χ0v) is 7.47. The van der Waals surface area contributed by atoms with Crippen molar-refractivity contribution in [1.82, 2.24) is 0 Å². The number of hydrogen-bond donors (Lipinski definition) is 2. The van der Waals surface area contributed by atoms with E-state index in [1.54, 1.807) is 7.11 Å². The first-order valence-corrected chi connectivity index (χ1v) is 3.79. The monoisotopic (exact) mass is 178 g/mol. The number of rotatable bonds is 2. The Hall–Kier alpha value is 0.427. The Morgan fingerprint density at radius 3 is 1.73 bits per heavy atom. The van der Waals surface area contributed by atoms with Gasteiger partial charge in [-0.3, -0.25) is 9.11 Å². The maximum Gasteiger partial charge on any atom is 1.00 e. The number of ether oxygens (including phenoxy) is 1. The summed E-state index contributed by atoms with van der Waals surface area (Å²) in [5.74, 6) is 0. The van der Waals surface area contributed by atoms with Crippen molar-refractivity contribution in [3.05, 3.63) is 6.92 Å². The summed E-state index contributed by atoms with van der Waals surface area (Å²) in [6.07, 6.45) is 0.872. The van der Waals surface area contributed by atoms with E-state index in [9.17, 15) is 0 Å². The zero-order valence-electron chi connectivity index (χ0n) is 6.65. The van der Waals surface area contributed by atoms with E-state index in [1.165, 1.54) is 0 Å². The van der Waals surface area contributed by atoms with Crippen LogP contribution in [0.2, 0.25) is 0 Å². The van der Waals surface area contributed by atoms with E-state index in [4.69, 9.17) is 17.5 Å². The minimum atomic E-state index is -4.67. The minimum Gasteiger partial charge on any atom is -0.387 e. The van der Waals surface area contributed by atoms with E-state index in [0.717, 1.165) is 13.0 Å². The van der Waals surface area contributed by atoms with Crippen molar-refractivity contribution in [1.29, 1.82) is 0 Å². The van der Waals surface area contributed by atoms with Gasteiger partial charge in [-0.25, -0.2) is 0 Å². The molecule has 64 valence electrons. The third kappa shape index (κ3) is 126. The molecule has 0 aliphatic heterocycles. The fraction of sp³-hybridized carbons (Fsp3) is 0.750. The topological polar surface area (TPSA) is 83.8 Å². The van der Waals surface area contributed by atoms with Gasteiger partial charge in [0.25, 0.3) is 0 Å². The van der Waals surface area contributed by atoms with Gasteiger partial charge in [0, 0.05) is 13.7 Å². The molecule has 0 amide bonds. The normalized spacial score (nSPS) is 9.09. The van der Waals surface area contributed by atoms with Crippen LogP contribution in [0.3, 0.4) is 0 Å². The Kier molecular flexibility index (Phi) is 16.6. The second kappa shape index (κ2) is 10.4. The molecule has 0 unspecified atom stereocenters. The second-order valence-corrected chi connectivity index (χ2v) is 2.19. The molecule has 0 aromatic rings. The van der Waals surface area contributed by atoms with Crippen LogP contribution in [-0.2, 0) is 15.1 Å². The van der Waals surface area contributed by atoms with Crippen LogP contribution >= 0.6 is 0 Å². The summed E-state index contributed by atoms with van der Waals surface area (Å²) in [6.45, 7) is 4.33. The molecule has 11 heavy (non-hydrogen) atoms. The first-order valence-electron chi connectivity index (χ1n) is 2.40. The molecule has 0 spiro atoms. The first-order chi connectivity index (χ1) is 4.41. The maximum atomic E-state index is 8.74. The molecule has 0 aliphatic rings. The molecule has 0 aromatic carbocycles. The van der Waals surface area contributed by atoms with Crippen molar-refractivity contribution in [2.75, 3.05) is 13.7 Å². The van der Waals surface area contributed by atoms with Crippen molar-refractivity contribution in [2.24, 2.45) is 0 Å². The van der Waals surface area contributed by atoms with E-state index in [1.807, 2.05) is 0 Å². The van der Waals surface area contributed by atoms with E-state index < -0.39 is 10.4 Å². The molecule has 0 rings (SSSR count). The van der Waals surface area contributed by atoms with Gasteiger partial charge in [-0.05, 0) is 0 Å². The van der Waals surface area contributed by atoms with Gasteiger partial charge in [0.05, 0.1) is 0 Å². The molecule has 0 atom stereocenters. The quantitative estimate of drug-likeness (QED) is 0.271. The Balaban J connectivity index is -0.000000107. The van der Waals surface area contributed by atoms with Crippen LogP contribution in [0, 0.1) is 6.92 Å². The van der Waals surface area contributed by atoms with Gasteiger partial charge in [-0.1, -0.05) is 0 Å². The average Bonchev–Trinajstić information content (AvgIpc) is 1.63. The van der Waals surface area contributed by atoms with Crippen LogP contribution in [0.15, 0.2) is 0 Å². The molecule has 0 aromatic heterocycles. The number of hydrogen-bond acceptors (Lipinski definition) is 3. The van der Waals surface area contributed by atoms with Crippen LogP contribution in [-0.4, -0.2) is 31.2 Å².